The van der Waals surface area contributed by atoms with Gasteiger partial charge in [0.1, 0.15) is 0 Å². The number of aliphatic hydroxyl groups is 2. The summed E-state index contributed by atoms with van der Waals surface area (Å²) >= 11 is 0. The quantitative estimate of drug-likeness (QED) is 0.774. The predicted molar refractivity (Wildman–Crippen MR) is 81.4 cm³/mol. The largest absolute Gasteiger partial charge is 0.400 e. The van der Waals surface area contributed by atoms with Gasteiger partial charge in [-0.3, -0.25) is 4.79 Å². The van der Waals surface area contributed by atoms with Gasteiger partial charge in [-0.05, 0) is 25.7 Å². The maximum Gasteiger partial charge on any atom is 0.163 e. The van der Waals surface area contributed by atoms with Gasteiger partial charge in [0.05, 0.1) is 6.42 Å². The number of allylic oxidation sites excluding steroid dienone is 2. The van der Waals surface area contributed by atoms with E-state index < -0.39 is 0 Å². The Balaban J connectivity index is 0.000000829. The van der Waals surface area contributed by atoms with Crippen LogP contribution >= 0.6 is 0 Å². The molecule has 112 valence electrons. The van der Waals surface area contributed by atoms with Crippen molar-refractivity contribution in [3.63, 3.8) is 0 Å². The Morgan fingerprint density at radius 1 is 1.15 bits per heavy atom. The summed E-state index contributed by atoms with van der Waals surface area (Å²) in [6.45, 7) is 0.893. The average molecular weight is 280 g/mol. The van der Waals surface area contributed by atoms with Crippen molar-refractivity contribution in [3.05, 3.63) is 41.6 Å². The topological polar surface area (TPSA) is 72.8 Å². The number of hydrogen-bond donors (Lipinski definition) is 3. The number of carbonyl (C=O) groups is 1. The molecular weight excluding hydrogens is 256 g/mol. The van der Waals surface area contributed by atoms with Crippen LogP contribution in [-0.4, -0.2) is 49.2 Å². The number of nitrogens with zero attached hydrogens (tertiary/aromatic N) is 1. The molecule has 0 heterocycles. The number of rotatable bonds is 4. The minimum absolute atomic E-state index is 0.201. The second-order valence-corrected chi connectivity index (χ2v) is 4.33. The van der Waals surface area contributed by atoms with E-state index in [2.05, 4.69) is 16.3 Å². The van der Waals surface area contributed by atoms with Crippen molar-refractivity contribution in [1.82, 2.24) is 4.90 Å². The molecule has 1 aliphatic rings. The van der Waals surface area contributed by atoms with Crippen LogP contribution in [0.15, 0.2) is 36.0 Å². The van der Waals surface area contributed by atoms with Gasteiger partial charge < -0.3 is 20.4 Å². The van der Waals surface area contributed by atoms with E-state index in [1.807, 2.05) is 32.3 Å². The van der Waals surface area contributed by atoms with Gasteiger partial charge in [-0.25, -0.2) is 0 Å². The second kappa shape index (κ2) is 10.1. The molecule has 0 aliphatic heterocycles. The minimum atomic E-state index is 0.201. The lowest BCUT2D eigenvalue weighted by Crippen LogP contribution is -2.17. The van der Waals surface area contributed by atoms with Gasteiger partial charge in [0.15, 0.2) is 5.78 Å². The summed E-state index contributed by atoms with van der Waals surface area (Å²) in [5.74, 6) is 0.201. The number of ketones is 1. The van der Waals surface area contributed by atoms with Crippen molar-refractivity contribution >= 4 is 11.5 Å². The molecule has 0 bridgehead atoms. The average Bonchev–Trinajstić information content (AvgIpc) is 2.43. The highest BCUT2D eigenvalue weighted by Crippen LogP contribution is 2.22. The van der Waals surface area contributed by atoms with E-state index in [1.165, 1.54) is 5.56 Å². The normalized spacial score (nSPS) is 12.3. The zero-order valence-corrected chi connectivity index (χ0v) is 12.6. The molecular formula is C15H24N2O3. The third kappa shape index (κ3) is 5.97. The molecule has 0 amide bonds. The van der Waals surface area contributed by atoms with E-state index in [4.69, 9.17) is 10.2 Å². The third-order valence-electron chi connectivity index (χ3n) is 2.50. The number of anilines is 1. The first-order valence-electron chi connectivity index (χ1n) is 6.27. The summed E-state index contributed by atoms with van der Waals surface area (Å²) in [7, 11) is 6.09. The van der Waals surface area contributed by atoms with E-state index in [-0.39, 0.29) is 5.78 Å². The second-order valence-electron chi connectivity index (χ2n) is 4.33. The highest BCUT2D eigenvalue weighted by Gasteiger charge is 2.15. The lowest BCUT2D eigenvalue weighted by Gasteiger charge is -2.19. The maximum absolute atomic E-state index is 10.8. The molecule has 0 fully saturated rings. The molecule has 0 atom stereocenters. The summed E-state index contributed by atoms with van der Waals surface area (Å²) in [6.07, 6.45) is 2.20. The molecule has 5 nitrogen and oxygen atoms in total. The Morgan fingerprint density at radius 2 is 1.70 bits per heavy atom. The molecule has 5 heteroatoms. The molecule has 20 heavy (non-hydrogen) atoms. The number of aliphatic hydroxyl groups excluding tert-OH is 2. The number of benzene rings is 1. The van der Waals surface area contributed by atoms with Gasteiger partial charge in [-0.15, -0.1) is 0 Å². The summed E-state index contributed by atoms with van der Waals surface area (Å²) in [5.41, 5.74) is 3.35. The van der Waals surface area contributed by atoms with Gasteiger partial charge in [-0.2, -0.15) is 0 Å². The maximum atomic E-state index is 10.8. The number of hydrogen-bond acceptors (Lipinski definition) is 5. The molecule has 1 aromatic rings. The summed E-state index contributed by atoms with van der Waals surface area (Å²) in [4.78, 5) is 13.0. The fourth-order valence-electron chi connectivity index (χ4n) is 1.73. The SMILES string of the molecule is CN(C)Cc1ccccc1NC1=CC(=O)C1.CO.CO. The van der Waals surface area contributed by atoms with Crippen LogP contribution in [0.3, 0.4) is 0 Å². The zero-order valence-electron chi connectivity index (χ0n) is 12.6. The van der Waals surface area contributed by atoms with Crippen LogP contribution < -0.4 is 5.32 Å². The molecule has 2 rings (SSSR count). The lowest BCUT2D eigenvalue weighted by atomic mass is 10.0. The Hall–Kier alpha value is -1.69. The minimum Gasteiger partial charge on any atom is -0.400 e. The molecule has 0 radical (unpaired) electrons. The molecule has 0 saturated carbocycles. The molecule has 0 unspecified atom stereocenters. The first kappa shape index (κ1) is 18.3. The van der Waals surface area contributed by atoms with Gasteiger partial charge >= 0.3 is 0 Å². The van der Waals surface area contributed by atoms with Gasteiger partial charge in [0, 0.05) is 38.2 Å². The van der Waals surface area contributed by atoms with Crippen LogP contribution in [-0.2, 0) is 11.3 Å². The zero-order chi connectivity index (χ0) is 15.5. The summed E-state index contributed by atoms with van der Waals surface area (Å²) in [6, 6.07) is 8.18. The predicted octanol–water partition coefficient (Wildman–Crippen LogP) is 1.23. The Labute approximate surface area is 120 Å². The van der Waals surface area contributed by atoms with E-state index in [0.29, 0.717) is 6.42 Å². The van der Waals surface area contributed by atoms with Crippen LogP contribution in [0.2, 0.25) is 0 Å². The highest BCUT2D eigenvalue weighted by atomic mass is 16.2. The fourth-order valence-corrected chi connectivity index (χ4v) is 1.73. The molecule has 0 saturated heterocycles. The molecule has 0 spiro atoms. The fraction of sp³-hybridized carbons (Fsp3) is 0.400. The number of carbonyl (C=O) groups excluding carboxylic acids is 1. The molecule has 0 aromatic heterocycles. The van der Waals surface area contributed by atoms with Crippen LogP contribution in [0.25, 0.3) is 0 Å². The Kier molecular flexibility index (Phi) is 9.28. The van der Waals surface area contributed by atoms with Crippen LogP contribution in [0, 0.1) is 0 Å². The highest BCUT2D eigenvalue weighted by molar-refractivity contribution is 5.99. The number of para-hydroxylation sites is 1. The van der Waals surface area contributed by atoms with E-state index in [1.54, 1.807) is 6.08 Å². The molecule has 3 N–H and O–H groups in total. The van der Waals surface area contributed by atoms with Crippen molar-refractivity contribution in [2.45, 2.75) is 13.0 Å². The number of nitrogens with one attached hydrogen (secondary N) is 1. The van der Waals surface area contributed by atoms with E-state index >= 15 is 0 Å². The molecule has 1 aliphatic carbocycles. The summed E-state index contributed by atoms with van der Waals surface area (Å²) < 4.78 is 0. The van der Waals surface area contributed by atoms with Gasteiger partial charge in [0.25, 0.3) is 0 Å². The lowest BCUT2D eigenvalue weighted by molar-refractivity contribution is -0.115. The van der Waals surface area contributed by atoms with Crippen LogP contribution in [0.5, 0.6) is 0 Å². The first-order chi connectivity index (χ1) is 9.65. The van der Waals surface area contributed by atoms with Crippen molar-refractivity contribution in [3.8, 4) is 0 Å². The van der Waals surface area contributed by atoms with E-state index in [0.717, 1.165) is 32.1 Å². The van der Waals surface area contributed by atoms with Gasteiger partial charge in [-0.1, -0.05) is 18.2 Å². The van der Waals surface area contributed by atoms with Crippen molar-refractivity contribution in [1.29, 1.82) is 0 Å². The van der Waals surface area contributed by atoms with Crippen LogP contribution in [0.4, 0.5) is 5.69 Å². The van der Waals surface area contributed by atoms with Gasteiger partial charge in [0.2, 0.25) is 0 Å². The molecule has 1 aromatic carbocycles. The monoisotopic (exact) mass is 280 g/mol. The van der Waals surface area contributed by atoms with Crippen molar-refractivity contribution in [2.24, 2.45) is 0 Å². The Morgan fingerprint density at radius 3 is 2.20 bits per heavy atom. The van der Waals surface area contributed by atoms with Crippen LogP contribution in [0.1, 0.15) is 12.0 Å². The standard InChI is InChI=1S/C13H16N2O.2CH4O/c1-15(2)9-10-5-3-4-6-13(10)14-11-7-12(16)8-11;2*1-2/h3-7,14H,8-9H2,1-2H3;2*2H,1H3. The van der Waals surface area contributed by atoms with Crippen molar-refractivity contribution < 1.29 is 15.0 Å². The third-order valence-corrected chi connectivity index (χ3v) is 2.50. The first-order valence-corrected chi connectivity index (χ1v) is 6.27. The smallest absolute Gasteiger partial charge is 0.163 e. The van der Waals surface area contributed by atoms with Crippen molar-refractivity contribution in [2.75, 3.05) is 33.6 Å². The van der Waals surface area contributed by atoms with E-state index in [9.17, 15) is 4.79 Å². The summed E-state index contributed by atoms with van der Waals surface area (Å²) in [5, 5.41) is 17.3. The Bertz CT molecular complexity index is 442.